The van der Waals surface area contributed by atoms with E-state index >= 15 is 0 Å². The molecule has 0 N–H and O–H groups in total. The fourth-order valence-electron chi connectivity index (χ4n) is 2.63. The number of nitrogens with zero attached hydrogens (tertiary/aromatic N) is 4. The van der Waals surface area contributed by atoms with Gasteiger partial charge >= 0.3 is 6.09 Å². The van der Waals surface area contributed by atoms with Crippen LogP contribution in [0.15, 0.2) is 18.2 Å². The molecule has 1 amide bonds. The minimum atomic E-state index is -0.600. The van der Waals surface area contributed by atoms with Crippen LogP contribution in [0.4, 0.5) is 9.18 Å². The van der Waals surface area contributed by atoms with Gasteiger partial charge in [-0.1, -0.05) is 12.1 Å². The minimum Gasteiger partial charge on any atom is -0.444 e. The van der Waals surface area contributed by atoms with Gasteiger partial charge in [0, 0.05) is 25.2 Å². The molecule has 1 heterocycles. The number of rotatable bonds is 2. The number of carbonyl (C=O) groups excluding carboxylic acids is 1. The van der Waals surface area contributed by atoms with Gasteiger partial charge in [-0.15, -0.1) is 0 Å². The molecular weight excluding hydrogens is 323 g/mol. The lowest BCUT2D eigenvalue weighted by Crippen LogP contribution is -2.54. The van der Waals surface area contributed by atoms with Gasteiger partial charge in [0.15, 0.2) is 0 Å². The molecule has 2 rings (SSSR count). The molecule has 0 spiro atoms. The van der Waals surface area contributed by atoms with Crippen LogP contribution in [0.2, 0.25) is 0 Å². The van der Waals surface area contributed by atoms with E-state index in [0.29, 0.717) is 18.7 Å². The first-order valence-corrected chi connectivity index (χ1v) is 8.04. The van der Waals surface area contributed by atoms with E-state index in [4.69, 9.17) is 10.00 Å². The van der Waals surface area contributed by atoms with E-state index in [1.807, 2.05) is 6.07 Å². The lowest BCUT2D eigenvalue weighted by molar-refractivity contribution is 0.00822. The average molecular weight is 344 g/mol. The van der Waals surface area contributed by atoms with E-state index in [-0.39, 0.29) is 18.7 Å². The van der Waals surface area contributed by atoms with Gasteiger partial charge in [-0.25, -0.2) is 9.18 Å². The van der Waals surface area contributed by atoms with Crippen LogP contribution in [0.1, 0.15) is 31.9 Å². The fraction of sp³-hybridized carbons (Fsp3) is 0.500. The standard InChI is InChI=1S/C18H21FN4O2/c1-18(2,3)25-17(24)23-8-7-22(15(10-21)12-23)11-14-6-4-5-13(9-20)16(14)19/h4-6,15H,7-8,11-12H2,1-3H3/t15-/m1/s1. The molecule has 0 aromatic heterocycles. The van der Waals surface area contributed by atoms with Crippen LogP contribution in [0.3, 0.4) is 0 Å². The fourth-order valence-corrected chi connectivity index (χ4v) is 2.63. The van der Waals surface area contributed by atoms with Crippen molar-refractivity contribution >= 4 is 6.09 Å². The smallest absolute Gasteiger partial charge is 0.410 e. The number of halogens is 1. The lowest BCUT2D eigenvalue weighted by atomic mass is 10.1. The SMILES string of the molecule is CC(C)(C)OC(=O)N1CCN(Cc2cccc(C#N)c2F)[C@H](C#N)C1. The Balaban J connectivity index is 2.07. The van der Waals surface area contributed by atoms with Gasteiger partial charge in [0.1, 0.15) is 23.5 Å². The van der Waals surface area contributed by atoms with Crippen LogP contribution >= 0.6 is 0 Å². The monoisotopic (exact) mass is 344 g/mol. The predicted octanol–water partition coefficient (Wildman–Crippen LogP) is 2.64. The maximum Gasteiger partial charge on any atom is 0.410 e. The molecular formula is C18H21FN4O2. The van der Waals surface area contributed by atoms with Crippen molar-refractivity contribution in [2.45, 2.75) is 39.0 Å². The number of ether oxygens (including phenoxy) is 1. The Hall–Kier alpha value is -2.64. The van der Waals surface area contributed by atoms with Gasteiger partial charge in [0.25, 0.3) is 0 Å². The van der Waals surface area contributed by atoms with Gasteiger partial charge in [-0.2, -0.15) is 10.5 Å². The molecule has 0 aliphatic carbocycles. The number of benzene rings is 1. The van der Waals surface area contributed by atoms with E-state index in [1.165, 1.54) is 11.0 Å². The third-order valence-corrected chi connectivity index (χ3v) is 3.86. The molecule has 132 valence electrons. The van der Waals surface area contributed by atoms with Gasteiger partial charge < -0.3 is 9.64 Å². The van der Waals surface area contributed by atoms with Gasteiger partial charge in [0.05, 0.1) is 18.2 Å². The molecule has 1 aliphatic heterocycles. The molecule has 7 heteroatoms. The Morgan fingerprint density at radius 2 is 2.08 bits per heavy atom. The first kappa shape index (κ1) is 18.7. The third kappa shape index (κ3) is 4.68. The molecule has 1 saturated heterocycles. The number of nitriles is 2. The number of amides is 1. The Morgan fingerprint density at radius 3 is 2.68 bits per heavy atom. The summed E-state index contributed by atoms with van der Waals surface area (Å²) >= 11 is 0. The second-order valence-corrected chi connectivity index (χ2v) is 6.93. The highest BCUT2D eigenvalue weighted by Crippen LogP contribution is 2.19. The Morgan fingerprint density at radius 1 is 1.36 bits per heavy atom. The molecule has 1 aromatic rings. The van der Waals surface area contributed by atoms with E-state index in [2.05, 4.69) is 6.07 Å². The molecule has 1 fully saturated rings. The molecule has 25 heavy (non-hydrogen) atoms. The van der Waals surface area contributed by atoms with Crippen molar-refractivity contribution in [1.29, 1.82) is 10.5 Å². The first-order valence-electron chi connectivity index (χ1n) is 8.04. The number of piperazine rings is 1. The molecule has 1 aliphatic rings. The minimum absolute atomic E-state index is 0.0154. The maximum atomic E-state index is 14.2. The summed E-state index contributed by atoms with van der Waals surface area (Å²) in [6.07, 6.45) is -0.454. The summed E-state index contributed by atoms with van der Waals surface area (Å²) in [6.45, 7) is 6.59. The summed E-state index contributed by atoms with van der Waals surface area (Å²) in [5.41, 5.74) is -0.250. The summed E-state index contributed by atoms with van der Waals surface area (Å²) in [7, 11) is 0. The molecule has 0 saturated carbocycles. The Labute approximate surface area is 147 Å². The van der Waals surface area contributed by atoms with Gasteiger partial charge in [0.2, 0.25) is 0 Å². The zero-order valence-electron chi connectivity index (χ0n) is 14.6. The molecule has 0 unspecified atom stereocenters. The summed E-state index contributed by atoms with van der Waals surface area (Å²) in [5.74, 6) is -0.559. The van der Waals surface area contributed by atoms with E-state index in [0.717, 1.165) is 0 Å². The molecule has 6 nitrogen and oxygen atoms in total. The van der Waals surface area contributed by atoms with Crippen LogP contribution in [-0.2, 0) is 11.3 Å². The number of hydrogen-bond donors (Lipinski definition) is 0. The van der Waals surface area contributed by atoms with Crippen molar-refractivity contribution in [1.82, 2.24) is 9.80 Å². The van der Waals surface area contributed by atoms with E-state index in [9.17, 15) is 14.4 Å². The summed E-state index contributed by atoms with van der Waals surface area (Å²) in [4.78, 5) is 15.5. The highest BCUT2D eigenvalue weighted by Gasteiger charge is 2.32. The van der Waals surface area contributed by atoms with E-state index in [1.54, 1.807) is 37.8 Å². The maximum absolute atomic E-state index is 14.2. The van der Waals surface area contributed by atoms with Crippen molar-refractivity contribution in [3.8, 4) is 12.1 Å². The third-order valence-electron chi connectivity index (χ3n) is 3.86. The Kier molecular flexibility index (Phi) is 5.61. The second kappa shape index (κ2) is 7.50. The lowest BCUT2D eigenvalue weighted by Gasteiger charge is -2.38. The van der Waals surface area contributed by atoms with Crippen molar-refractivity contribution in [3.63, 3.8) is 0 Å². The average Bonchev–Trinajstić information content (AvgIpc) is 2.55. The number of hydrogen-bond acceptors (Lipinski definition) is 5. The number of carbonyl (C=O) groups is 1. The summed E-state index contributed by atoms with van der Waals surface area (Å²) in [6, 6.07) is 8.05. The highest BCUT2D eigenvalue weighted by molar-refractivity contribution is 5.68. The van der Waals surface area contributed by atoms with Gasteiger partial charge in [-0.05, 0) is 26.8 Å². The van der Waals surface area contributed by atoms with Crippen LogP contribution in [0.5, 0.6) is 0 Å². The zero-order valence-corrected chi connectivity index (χ0v) is 14.6. The van der Waals surface area contributed by atoms with Crippen molar-refractivity contribution in [2.75, 3.05) is 19.6 Å². The molecule has 0 bridgehead atoms. The van der Waals surface area contributed by atoms with Crippen LogP contribution in [0.25, 0.3) is 0 Å². The van der Waals surface area contributed by atoms with Crippen molar-refractivity contribution < 1.29 is 13.9 Å². The topological polar surface area (TPSA) is 80.4 Å². The molecule has 1 atom stereocenters. The summed E-state index contributed by atoms with van der Waals surface area (Å²) < 4.78 is 19.6. The zero-order chi connectivity index (χ0) is 18.6. The highest BCUT2D eigenvalue weighted by atomic mass is 19.1. The van der Waals surface area contributed by atoms with Crippen molar-refractivity contribution in [2.24, 2.45) is 0 Å². The normalized spacial score (nSPS) is 18.3. The van der Waals surface area contributed by atoms with Crippen LogP contribution in [0, 0.1) is 28.5 Å². The molecule has 0 radical (unpaired) electrons. The second-order valence-electron chi connectivity index (χ2n) is 6.93. The summed E-state index contributed by atoms with van der Waals surface area (Å²) in [5, 5.41) is 18.3. The Bertz CT molecular complexity index is 730. The molecule has 1 aromatic carbocycles. The van der Waals surface area contributed by atoms with E-state index < -0.39 is 23.6 Å². The quantitative estimate of drug-likeness (QED) is 0.824. The van der Waals surface area contributed by atoms with Crippen LogP contribution in [-0.4, -0.2) is 47.2 Å². The first-order chi connectivity index (χ1) is 11.7. The van der Waals surface area contributed by atoms with Crippen LogP contribution < -0.4 is 0 Å². The van der Waals surface area contributed by atoms with Gasteiger partial charge in [-0.3, -0.25) is 4.90 Å². The predicted molar refractivity (Wildman–Crippen MR) is 88.7 cm³/mol. The largest absolute Gasteiger partial charge is 0.444 e. The van der Waals surface area contributed by atoms with Crippen molar-refractivity contribution in [3.05, 3.63) is 35.1 Å².